The topological polar surface area (TPSA) is 63.6 Å². The van der Waals surface area contributed by atoms with Crippen LogP contribution in [0.1, 0.15) is 6.42 Å². The van der Waals surface area contributed by atoms with Crippen molar-refractivity contribution >= 4 is 11.9 Å². The van der Waals surface area contributed by atoms with Gasteiger partial charge in [0.05, 0.1) is 13.0 Å². The molecule has 0 radical (unpaired) electrons. The molecule has 1 aliphatic rings. The number of hydrogen-bond donors (Lipinski definition) is 1. The Hall–Kier alpha value is -1.32. The molecule has 1 atom stereocenters. The standard InChI is InChI=1S/C7H8O4/c8-6(9)3-5-1-2-7(10)11-4-5/h1-2,5H,3-4H2,(H,8,9)/t5-/m1/s1. The number of carbonyl (C=O) groups is 2. The van der Waals surface area contributed by atoms with Crippen molar-refractivity contribution in [3.05, 3.63) is 12.2 Å². The zero-order valence-electron chi connectivity index (χ0n) is 5.82. The molecule has 11 heavy (non-hydrogen) atoms. The van der Waals surface area contributed by atoms with Gasteiger partial charge in [0.15, 0.2) is 0 Å². The van der Waals surface area contributed by atoms with Gasteiger partial charge in [0, 0.05) is 12.0 Å². The van der Waals surface area contributed by atoms with E-state index in [1.807, 2.05) is 0 Å². The first kappa shape index (κ1) is 7.78. The van der Waals surface area contributed by atoms with E-state index in [1.54, 1.807) is 6.08 Å². The molecule has 0 aromatic carbocycles. The average molecular weight is 156 g/mol. The molecule has 0 bridgehead atoms. The van der Waals surface area contributed by atoms with E-state index < -0.39 is 11.9 Å². The molecule has 0 spiro atoms. The Bertz CT molecular complexity index is 206. The summed E-state index contributed by atoms with van der Waals surface area (Å²) in [6.45, 7) is 0.182. The lowest BCUT2D eigenvalue weighted by Crippen LogP contribution is -2.18. The van der Waals surface area contributed by atoms with Crippen LogP contribution >= 0.6 is 0 Å². The number of carbonyl (C=O) groups excluding carboxylic acids is 1. The summed E-state index contributed by atoms with van der Waals surface area (Å²) in [4.78, 5) is 20.6. The molecule has 0 saturated heterocycles. The second-order valence-corrected chi connectivity index (χ2v) is 2.35. The van der Waals surface area contributed by atoms with Gasteiger partial charge in [0.1, 0.15) is 0 Å². The summed E-state index contributed by atoms with van der Waals surface area (Å²) in [5.41, 5.74) is 0. The summed E-state index contributed by atoms with van der Waals surface area (Å²) in [6.07, 6.45) is 2.85. The van der Waals surface area contributed by atoms with E-state index >= 15 is 0 Å². The Morgan fingerprint density at radius 3 is 3.00 bits per heavy atom. The summed E-state index contributed by atoms with van der Waals surface area (Å²) >= 11 is 0. The van der Waals surface area contributed by atoms with Crippen LogP contribution in [0.25, 0.3) is 0 Å². The highest BCUT2D eigenvalue weighted by Gasteiger charge is 2.16. The molecule has 0 fully saturated rings. The van der Waals surface area contributed by atoms with Crippen molar-refractivity contribution in [3.63, 3.8) is 0 Å². The summed E-state index contributed by atoms with van der Waals surface area (Å²) in [5.74, 6) is -1.44. The molecule has 1 aliphatic heterocycles. The lowest BCUT2D eigenvalue weighted by Gasteiger charge is -2.13. The monoisotopic (exact) mass is 156 g/mol. The van der Waals surface area contributed by atoms with Crippen molar-refractivity contribution in [2.24, 2.45) is 5.92 Å². The predicted molar refractivity (Wildman–Crippen MR) is 35.8 cm³/mol. The molecule has 4 heteroatoms. The number of esters is 1. The van der Waals surface area contributed by atoms with Gasteiger partial charge in [-0.25, -0.2) is 4.79 Å². The van der Waals surface area contributed by atoms with Crippen LogP contribution in [-0.2, 0) is 14.3 Å². The highest BCUT2D eigenvalue weighted by Crippen LogP contribution is 2.10. The minimum absolute atomic E-state index is 0.0176. The zero-order chi connectivity index (χ0) is 8.27. The summed E-state index contributed by atoms with van der Waals surface area (Å²) in [5, 5.41) is 8.36. The van der Waals surface area contributed by atoms with Gasteiger partial charge in [-0.3, -0.25) is 4.79 Å². The Balaban J connectivity index is 2.44. The quantitative estimate of drug-likeness (QED) is 0.579. The van der Waals surface area contributed by atoms with Crippen molar-refractivity contribution in [2.45, 2.75) is 6.42 Å². The first-order valence-corrected chi connectivity index (χ1v) is 3.25. The molecule has 0 aromatic heterocycles. The maximum Gasteiger partial charge on any atom is 0.330 e. The Kier molecular flexibility index (Phi) is 2.25. The van der Waals surface area contributed by atoms with E-state index in [0.717, 1.165) is 0 Å². The van der Waals surface area contributed by atoms with Gasteiger partial charge in [-0.05, 0) is 0 Å². The van der Waals surface area contributed by atoms with Gasteiger partial charge in [-0.2, -0.15) is 0 Å². The summed E-state index contributed by atoms with van der Waals surface area (Å²) < 4.78 is 4.60. The largest absolute Gasteiger partial charge is 0.481 e. The Morgan fingerprint density at radius 2 is 2.55 bits per heavy atom. The maximum atomic E-state index is 10.4. The van der Waals surface area contributed by atoms with Gasteiger partial charge in [-0.15, -0.1) is 0 Å². The highest BCUT2D eigenvalue weighted by molar-refractivity contribution is 5.83. The third-order valence-electron chi connectivity index (χ3n) is 1.38. The summed E-state index contributed by atoms with van der Waals surface area (Å²) in [6, 6.07) is 0. The minimum atomic E-state index is -0.877. The third kappa shape index (κ3) is 2.41. The number of hydrogen-bond acceptors (Lipinski definition) is 3. The van der Waals surface area contributed by atoms with E-state index in [4.69, 9.17) is 5.11 Å². The number of carboxylic acids is 1. The van der Waals surface area contributed by atoms with Gasteiger partial charge in [-0.1, -0.05) is 6.08 Å². The molecule has 1 N–H and O–H groups in total. The lowest BCUT2D eigenvalue weighted by atomic mass is 10.1. The number of cyclic esters (lactones) is 1. The minimum Gasteiger partial charge on any atom is -0.481 e. The SMILES string of the molecule is O=C(O)C[C@H]1C=CC(=O)OC1. The fourth-order valence-corrected chi connectivity index (χ4v) is 0.859. The highest BCUT2D eigenvalue weighted by atomic mass is 16.5. The molecular weight excluding hydrogens is 148 g/mol. The molecule has 0 aromatic rings. The predicted octanol–water partition coefficient (Wildman–Crippen LogP) is 0.190. The average Bonchev–Trinajstić information content (AvgIpc) is 1.93. The van der Waals surface area contributed by atoms with Crippen molar-refractivity contribution in [3.8, 4) is 0 Å². The zero-order valence-corrected chi connectivity index (χ0v) is 5.82. The van der Waals surface area contributed by atoms with Gasteiger partial charge in [0.2, 0.25) is 0 Å². The van der Waals surface area contributed by atoms with Gasteiger partial charge >= 0.3 is 11.9 Å². The van der Waals surface area contributed by atoms with E-state index in [-0.39, 0.29) is 18.9 Å². The second kappa shape index (κ2) is 3.18. The number of aliphatic carboxylic acids is 1. The molecule has 0 aliphatic carbocycles. The van der Waals surface area contributed by atoms with Crippen LogP contribution in [0.5, 0.6) is 0 Å². The first-order chi connectivity index (χ1) is 5.18. The molecule has 0 saturated carbocycles. The molecule has 1 heterocycles. The second-order valence-electron chi connectivity index (χ2n) is 2.35. The van der Waals surface area contributed by atoms with E-state index in [1.165, 1.54) is 6.08 Å². The van der Waals surface area contributed by atoms with Crippen molar-refractivity contribution in [1.29, 1.82) is 0 Å². The molecular formula is C7H8O4. The molecule has 4 nitrogen and oxygen atoms in total. The summed E-state index contributed by atoms with van der Waals surface area (Å²) in [7, 11) is 0. The maximum absolute atomic E-state index is 10.4. The molecule has 0 unspecified atom stereocenters. The van der Waals surface area contributed by atoms with Gasteiger partial charge < -0.3 is 9.84 Å². The van der Waals surface area contributed by atoms with Crippen LogP contribution < -0.4 is 0 Å². The fourth-order valence-electron chi connectivity index (χ4n) is 0.859. The van der Waals surface area contributed by atoms with Crippen LogP contribution in [-0.4, -0.2) is 23.7 Å². The van der Waals surface area contributed by atoms with Crippen LogP contribution in [0.2, 0.25) is 0 Å². The number of rotatable bonds is 2. The van der Waals surface area contributed by atoms with E-state index in [2.05, 4.69) is 4.74 Å². The van der Waals surface area contributed by atoms with Crippen molar-refractivity contribution in [1.82, 2.24) is 0 Å². The lowest BCUT2D eigenvalue weighted by molar-refractivity contribution is -0.143. The van der Waals surface area contributed by atoms with Crippen LogP contribution in [0.4, 0.5) is 0 Å². The molecule has 1 rings (SSSR count). The number of carboxylic acid groups (broad SMARTS) is 1. The fraction of sp³-hybridized carbons (Fsp3) is 0.429. The number of ether oxygens (including phenoxy) is 1. The molecule has 60 valence electrons. The van der Waals surface area contributed by atoms with Crippen molar-refractivity contribution < 1.29 is 19.4 Å². The normalized spacial score (nSPS) is 22.9. The van der Waals surface area contributed by atoms with E-state index in [0.29, 0.717) is 0 Å². The Labute approximate surface area is 63.5 Å². The smallest absolute Gasteiger partial charge is 0.330 e. The van der Waals surface area contributed by atoms with Crippen LogP contribution in [0, 0.1) is 5.92 Å². The van der Waals surface area contributed by atoms with Crippen LogP contribution in [0.15, 0.2) is 12.2 Å². The van der Waals surface area contributed by atoms with Crippen LogP contribution in [0.3, 0.4) is 0 Å². The first-order valence-electron chi connectivity index (χ1n) is 3.25. The molecule has 0 amide bonds. The third-order valence-corrected chi connectivity index (χ3v) is 1.38. The van der Waals surface area contributed by atoms with Crippen molar-refractivity contribution in [2.75, 3.05) is 6.61 Å². The van der Waals surface area contributed by atoms with Gasteiger partial charge in [0.25, 0.3) is 0 Å². The Morgan fingerprint density at radius 1 is 1.82 bits per heavy atom. The van der Waals surface area contributed by atoms with E-state index in [9.17, 15) is 9.59 Å².